The first-order chi connectivity index (χ1) is 10.1. The quantitative estimate of drug-likeness (QED) is 0.711. The molecule has 0 fully saturated rings. The molecule has 2 rings (SSSR count). The van der Waals surface area contributed by atoms with Gasteiger partial charge >= 0.3 is 0 Å². The molecule has 0 aliphatic carbocycles. The largest absolute Gasteiger partial charge is 0.496 e. The van der Waals surface area contributed by atoms with Gasteiger partial charge in [-0.05, 0) is 42.8 Å². The molecule has 0 amide bonds. The van der Waals surface area contributed by atoms with Crippen molar-refractivity contribution in [1.29, 1.82) is 0 Å². The third-order valence-electron chi connectivity index (χ3n) is 3.37. The standard InChI is InChI=1S/C17H19Br2NO/c1-3-20-16(10-12-4-6-13(18)7-5-12)15-9-8-14(19)11-17(15)21-2/h4-9,11,16,20H,3,10H2,1-2H3. The van der Waals surface area contributed by atoms with Gasteiger partial charge in [0.1, 0.15) is 5.75 Å². The van der Waals surface area contributed by atoms with Crippen LogP contribution in [-0.2, 0) is 6.42 Å². The molecular weight excluding hydrogens is 394 g/mol. The number of benzene rings is 2. The van der Waals surface area contributed by atoms with Crippen LogP contribution in [0, 0.1) is 0 Å². The van der Waals surface area contributed by atoms with Gasteiger partial charge in [0.25, 0.3) is 0 Å². The van der Waals surface area contributed by atoms with Crippen molar-refractivity contribution in [2.24, 2.45) is 0 Å². The van der Waals surface area contributed by atoms with Gasteiger partial charge in [0.05, 0.1) is 7.11 Å². The maximum Gasteiger partial charge on any atom is 0.124 e. The van der Waals surface area contributed by atoms with Gasteiger partial charge in [-0.2, -0.15) is 0 Å². The summed E-state index contributed by atoms with van der Waals surface area (Å²) in [6, 6.07) is 14.9. The summed E-state index contributed by atoms with van der Waals surface area (Å²) >= 11 is 6.97. The van der Waals surface area contributed by atoms with E-state index in [0.717, 1.165) is 27.7 Å². The van der Waals surface area contributed by atoms with Crippen LogP contribution < -0.4 is 10.1 Å². The summed E-state index contributed by atoms with van der Waals surface area (Å²) in [5.74, 6) is 0.910. The van der Waals surface area contributed by atoms with E-state index in [0.29, 0.717) is 0 Å². The average Bonchev–Trinajstić information content (AvgIpc) is 2.49. The number of hydrogen-bond acceptors (Lipinski definition) is 2. The summed E-state index contributed by atoms with van der Waals surface area (Å²) < 4.78 is 7.67. The number of ether oxygens (including phenoxy) is 1. The first kappa shape index (κ1) is 16.5. The van der Waals surface area contributed by atoms with E-state index in [-0.39, 0.29) is 6.04 Å². The van der Waals surface area contributed by atoms with Gasteiger partial charge in [0.2, 0.25) is 0 Å². The predicted molar refractivity (Wildman–Crippen MR) is 95.0 cm³/mol. The molecule has 0 radical (unpaired) electrons. The Labute approximate surface area is 143 Å². The molecule has 0 saturated carbocycles. The fourth-order valence-corrected chi connectivity index (χ4v) is 2.97. The summed E-state index contributed by atoms with van der Waals surface area (Å²) in [5.41, 5.74) is 2.49. The van der Waals surface area contributed by atoms with Crippen LogP contribution in [0.15, 0.2) is 51.4 Å². The molecule has 112 valence electrons. The number of rotatable bonds is 6. The number of methoxy groups -OCH3 is 1. The number of hydrogen-bond donors (Lipinski definition) is 1. The van der Waals surface area contributed by atoms with Crippen LogP contribution in [0.3, 0.4) is 0 Å². The Morgan fingerprint density at radius 2 is 1.71 bits per heavy atom. The van der Waals surface area contributed by atoms with E-state index < -0.39 is 0 Å². The summed E-state index contributed by atoms with van der Waals surface area (Å²) in [5, 5.41) is 3.55. The van der Waals surface area contributed by atoms with E-state index >= 15 is 0 Å². The van der Waals surface area contributed by atoms with Crippen molar-refractivity contribution in [2.75, 3.05) is 13.7 Å². The van der Waals surface area contributed by atoms with Crippen LogP contribution in [-0.4, -0.2) is 13.7 Å². The van der Waals surface area contributed by atoms with Gasteiger partial charge in [0.15, 0.2) is 0 Å². The number of nitrogens with one attached hydrogen (secondary N) is 1. The summed E-state index contributed by atoms with van der Waals surface area (Å²) in [7, 11) is 1.72. The molecule has 1 atom stereocenters. The maximum atomic E-state index is 5.53. The minimum Gasteiger partial charge on any atom is -0.496 e. The highest BCUT2D eigenvalue weighted by Gasteiger charge is 2.16. The zero-order valence-corrected chi connectivity index (χ0v) is 15.4. The van der Waals surface area contributed by atoms with Crippen molar-refractivity contribution in [1.82, 2.24) is 5.32 Å². The molecule has 0 saturated heterocycles. The Bertz CT molecular complexity index is 584. The Morgan fingerprint density at radius 3 is 2.33 bits per heavy atom. The van der Waals surface area contributed by atoms with Gasteiger partial charge in [-0.1, -0.05) is 57.0 Å². The van der Waals surface area contributed by atoms with Crippen LogP contribution in [0.2, 0.25) is 0 Å². The highest BCUT2D eigenvalue weighted by Crippen LogP contribution is 2.30. The van der Waals surface area contributed by atoms with E-state index in [4.69, 9.17) is 4.74 Å². The van der Waals surface area contributed by atoms with E-state index in [2.05, 4.69) is 80.5 Å². The maximum absolute atomic E-state index is 5.53. The average molecular weight is 413 g/mol. The Kier molecular flexibility index (Phi) is 6.27. The Morgan fingerprint density at radius 1 is 1.05 bits per heavy atom. The molecule has 0 heterocycles. The first-order valence-corrected chi connectivity index (χ1v) is 8.54. The van der Waals surface area contributed by atoms with Gasteiger partial charge in [0, 0.05) is 20.6 Å². The normalized spacial score (nSPS) is 12.2. The van der Waals surface area contributed by atoms with E-state index in [9.17, 15) is 0 Å². The summed E-state index contributed by atoms with van der Waals surface area (Å²) in [6.45, 7) is 3.04. The molecule has 0 aromatic heterocycles. The topological polar surface area (TPSA) is 21.3 Å². The van der Waals surface area contributed by atoms with Gasteiger partial charge in [-0.3, -0.25) is 0 Å². The van der Waals surface area contributed by atoms with Crippen LogP contribution in [0.25, 0.3) is 0 Å². The third-order valence-corrected chi connectivity index (χ3v) is 4.40. The molecule has 4 heteroatoms. The van der Waals surface area contributed by atoms with Crippen molar-refractivity contribution in [3.05, 3.63) is 62.5 Å². The lowest BCUT2D eigenvalue weighted by atomic mass is 9.98. The zero-order chi connectivity index (χ0) is 15.2. The van der Waals surface area contributed by atoms with Crippen molar-refractivity contribution >= 4 is 31.9 Å². The van der Waals surface area contributed by atoms with Crippen LogP contribution >= 0.6 is 31.9 Å². The molecule has 0 bridgehead atoms. The minimum atomic E-state index is 0.235. The molecule has 21 heavy (non-hydrogen) atoms. The number of halogens is 2. The molecule has 1 N–H and O–H groups in total. The SMILES string of the molecule is CCNC(Cc1ccc(Br)cc1)c1ccc(Br)cc1OC. The predicted octanol–water partition coefficient (Wildman–Crippen LogP) is 5.11. The van der Waals surface area contributed by atoms with E-state index in [1.165, 1.54) is 11.1 Å². The van der Waals surface area contributed by atoms with E-state index in [1.807, 2.05) is 6.07 Å². The lowest BCUT2D eigenvalue weighted by molar-refractivity contribution is 0.399. The third kappa shape index (κ3) is 4.56. The molecule has 1 unspecified atom stereocenters. The summed E-state index contributed by atoms with van der Waals surface area (Å²) in [4.78, 5) is 0. The molecule has 0 aliphatic rings. The molecule has 0 aliphatic heterocycles. The van der Waals surface area contributed by atoms with Gasteiger partial charge in [-0.25, -0.2) is 0 Å². The Balaban J connectivity index is 2.28. The second kappa shape index (κ2) is 7.97. The van der Waals surface area contributed by atoms with Crippen LogP contribution in [0.4, 0.5) is 0 Å². The minimum absolute atomic E-state index is 0.235. The molecule has 0 spiro atoms. The fourth-order valence-electron chi connectivity index (χ4n) is 2.37. The lowest BCUT2D eigenvalue weighted by Gasteiger charge is -2.21. The van der Waals surface area contributed by atoms with Gasteiger partial charge < -0.3 is 10.1 Å². The highest BCUT2D eigenvalue weighted by molar-refractivity contribution is 9.10. The van der Waals surface area contributed by atoms with Gasteiger partial charge in [-0.15, -0.1) is 0 Å². The smallest absolute Gasteiger partial charge is 0.124 e. The van der Waals surface area contributed by atoms with Crippen LogP contribution in [0.5, 0.6) is 5.75 Å². The Hall–Kier alpha value is -0.840. The first-order valence-electron chi connectivity index (χ1n) is 6.95. The highest BCUT2D eigenvalue weighted by atomic mass is 79.9. The molecular formula is C17H19Br2NO. The van der Waals surface area contributed by atoms with Crippen molar-refractivity contribution in [2.45, 2.75) is 19.4 Å². The van der Waals surface area contributed by atoms with E-state index in [1.54, 1.807) is 7.11 Å². The lowest BCUT2D eigenvalue weighted by Crippen LogP contribution is -2.23. The zero-order valence-electron chi connectivity index (χ0n) is 12.2. The molecule has 2 aromatic rings. The summed E-state index contributed by atoms with van der Waals surface area (Å²) in [6.07, 6.45) is 0.930. The second-order valence-electron chi connectivity index (χ2n) is 4.83. The monoisotopic (exact) mass is 411 g/mol. The number of likely N-dealkylation sites (N-methyl/N-ethyl adjacent to an activating group) is 1. The second-order valence-corrected chi connectivity index (χ2v) is 6.66. The van der Waals surface area contributed by atoms with Crippen molar-refractivity contribution < 1.29 is 4.74 Å². The molecule has 2 nitrogen and oxygen atoms in total. The fraction of sp³-hybridized carbons (Fsp3) is 0.294. The van der Waals surface area contributed by atoms with Crippen molar-refractivity contribution in [3.8, 4) is 5.75 Å². The van der Waals surface area contributed by atoms with Crippen molar-refractivity contribution in [3.63, 3.8) is 0 Å². The van der Waals surface area contributed by atoms with Crippen LogP contribution in [0.1, 0.15) is 24.1 Å². The molecule has 2 aromatic carbocycles.